The van der Waals surface area contributed by atoms with E-state index < -0.39 is 0 Å². The van der Waals surface area contributed by atoms with Crippen LogP contribution >= 0.6 is 0 Å². The van der Waals surface area contributed by atoms with E-state index in [9.17, 15) is 9.59 Å². The number of allylic oxidation sites excluding steroid dienone is 2. The molecule has 5 rings (SSSR count). The smallest absolute Gasteiger partial charge is 0.254 e. The molecule has 4 aliphatic rings. The number of hydrogen-bond donors (Lipinski definition) is 0. The van der Waals surface area contributed by atoms with Crippen LogP contribution in [0.3, 0.4) is 0 Å². The van der Waals surface area contributed by atoms with Gasteiger partial charge in [-0.1, -0.05) is 12.2 Å². The fourth-order valence-corrected chi connectivity index (χ4v) is 4.12. The summed E-state index contributed by atoms with van der Waals surface area (Å²) in [5.74, 6) is 0.958. The monoisotopic (exact) mass is 310 g/mol. The van der Waals surface area contributed by atoms with Gasteiger partial charge in [0.05, 0.1) is 18.1 Å². The van der Waals surface area contributed by atoms with Gasteiger partial charge in [0.2, 0.25) is 6.79 Å². The Morgan fingerprint density at radius 2 is 1.74 bits per heavy atom. The largest absolute Gasteiger partial charge is 0.454 e. The number of carbonyl (C=O) groups is 2. The molecule has 2 aliphatic carbocycles. The Hall–Kier alpha value is -2.63. The average Bonchev–Trinajstić information content (AvgIpc) is 3.30. The number of carbonyl (C=O) groups excluding carboxylic acids is 2. The van der Waals surface area contributed by atoms with Crippen molar-refractivity contribution >= 4 is 18.0 Å². The fourth-order valence-electron chi connectivity index (χ4n) is 4.12. The van der Waals surface area contributed by atoms with Crippen molar-refractivity contribution in [1.82, 2.24) is 5.01 Å². The average molecular weight is 310 g/mol. The van der Waals surface area contributed by atoms with E-state index in [-0.39, 0.29) is 42.3 Å². The molecule has 6 nitrogen and oxygen atoms in total. The summed E-state index contributed by atoms with van der Waals surface area (Å²) >= 11 is 0. The highest BCUT2D eigenvalue weighted by Crippen LogP contribution is 2.52. The summed E-state index contributed by atoms with van der Waals surface area (Å²) in [5.41, 5.74) is 0.757. The normalized spacial score (nSPS) is 33.3. The van der Waals surface area contributed by atoms with Gasteiger partial charge in [-0.25, -0.2) is 0 Å². The van der Waals surface area contributed by atoms with Crippen LogP contribution in [0.4, 0.5) is 0 Å². The fraction of sp³-hybridized carbons (Fsp3) is 0.353. The second-order valence-corrected chi connectivity index (χ2v) is 6.35. The number of nitrogens with zero attached hydrogens (tertiary/aromatic N) is 2. The summed E-state index contributed by atoms with van der Waals surface area (Å²) in [7, 11) is 0. The molecule has 2 fully saturated rings. The van der Waals surface area contributed by atoms with Crippen molar-refractivity contribution in [3.05, 3.63) is 35.9 Å². The highest BCUT2D eigenvalue weighted by atomic mass is 16.7. The van der Waals surface area contributed by atoms with E-state index >= 15 is 0 Å². The van der Waals surface area contributed by atoms with Crippen LogP contribution in [0, 0.1) is 23.7 Å². The first kappa shape index (κ1) is 12.9. The van der Waals surface area contributed by atoms with Crippen molar-refractivity contribution in [2.75, 3.05) is 6.79 Å². The lowest BCUT2D eigenvalue weighted by Crippen LogP contribution is -2.28. The Kier molecular flexibility index (Phi) is 2.48. The molecule has 4 atom stereocenters. The SMILES string of the molecule is O=C1[C@@H]2[C@H](C(=O)N1/N=C\c1ccc3c(c1)OCO3)[C@H]1C=C[C@H]2C1. The summed E-state index contributed by atoms with van der Waals surface area (Å²) in [5, 5.41) is 5.19. The number of fused-ring (bicyclic) bond motifs is 6. The third-order valence-corrected chi connectivity index (χ3v) is 5.17. The van der Waals surface area contributed by atoms with Crippen LogP contribution in [0.15, 0.2) is 35.5 Å². The first-order chi connectivity index (χ1) is 11.2. The molecule has 1 aromatic carbocycles. The van der Waals surface area contributed by atoms with Gasteiger partial charge in [-0.05, 0) is 42.0 Å². The predicted octanol–water partition coefficient (Wildman–Crippen LogP) is 1.56. The molecule has 0 radical (unpaired) electrons. The lowest BCUT2D eigenvalue weighted by Gasteiger charge is -2.13. The van der Waals surface area contributed by atoms with Gasteiger partial charge in [-0.15, -0.1) is 0 Å². The van der Waals surface area contributed by atoms with Crippen LogP contribution in [0.5, 0.6) is 11.5 Å². The molecule has 2 amide bonds. The number of rotatable bonds is 2. The van der Waals surface area contributed by atoms with Crippen LogP contribution in [0.1, 0.15) is 12.0 Å². The van der Waals surface area contributed by atoms with E-state index in [0.29, 0.717) is 11.5 Å². The van der Waals surface area contributed by atoms with Crippen molar-refractivity contribution in [2.45, 2.75) is 6.42 Å². The van der Waals surface area contributed by atoms with Crippen LogP contribution in [0.25, 0.3) is 0 Å². The Balaban J connectivity index is 1.41. The van der Waals surface area contributed by atoms with E-state index in [1.807, 2.05) is 6.07 Å². The zero-order chi connectivity index (χ0) is 15.6. The second-order valence-electron chi connectivity index (χ2n) is 6.35. The maximum Gasteiger partial charge on any atom is 0.254 e. The number of imide groups is 1. The highest BCUT2D eigenvalue weighted by molar-refractivity contribution is 6.06. The molecule has 1 saturated heterocycles. The molecule has 0 aromatic heterocycles. The van der Waals surface area contributed by atoms with E-state index in [1.54, 1.807) is 12.1 Å². The van der Waals surface area contributed by atoms with Crippen LogP contribution in [-0.4, -0.2) is 29.8 Å². The van der Waals surface area contributed by atoms with Crippen molar-refractivity contribution in [2.24, 2.45) is 28.8 Å². The summed E-state index contributed by atoms with van der Waals surface area (Å²) in [4.78, 5) is 25.0. The van der Waals surface area contributed by atoms with Gasteiger partial charge in [-0.3, -0.25) is 9.59 Å². The Morgan fingerprint density at radius 3 is 2.48 bits per heavy atom. The van der Waals surface area contributed by atoms with Gasteiger partial charge < -0.3 is 9.47 Å². The molecule has 2 aliphatic heterocycles. The number of amides is 2. The molecule has 2 heterocycles. The quantitative estimate of drug-likeness (QED) is 0.472. The zero-order valence-corrected chi connectivity index (χ0v) is 12.2. The van der Waals surface area contributed by atoms with Crippen LogP contribution in [-0.2, 0) is 9.59 Å². The lowest BCUT2D eigenvalue weighted by atomic mass is 9.85. The molecule has 116 valence electrons. The van der Waals surface area contributed by atoms with Gasteiger partial charge in [0, 0.05) is 0 Å². The minimum atomic E-state index is -0.216. The predicted molar refractivity (Wildman–Crippen MR) is 79.7 cm³/mol. The maximum absolute atomic E-state index is 12.5. The zero-order valence-electron chi connectivity index (χ0n) is 12.2. The molecule has 6 heteroatoms. The van der Waals surface area contributed by atoms with Crippen molar-refractivity contribution in [3.8, 4) is 11.5 Å². The van der Waals surface area contributed by atoms with Gasteiger partial charge in [0.1, 0.15) is 0 Å². The number of ether oxygens (including phenoxy) is 2. The molecule has 1 aromatic rings. The topological polar surface area (TPSA) is 68.2 Å². The Labute approximate surface area is 132 Å². The third-order valence-electron chi connectivity index (χ3n) is 5.17. The standard InChI is InChI=1S/C17H14N2O4/c20-16-14-10-2-3-11(6-10)15(14)17(21)19(16)18-7-9-1-4-12-13(5-9)23-8-22-12/h1-5,7,10-11,14-15H,6,8H2/b18-7-/t10-,11-,14-,15+/m0/s1. The first-order valence-corrected chi connectivity index (χ1v) is 7.72. The van der Waals surface area contributed by atoms with E-state index in [1.165, 1.54) is 6.21 Å². The second kappa shape index (κ2) is 4.44. The van der Waals surface area contributed by atoms with E-state index in [2.05, 4.69) is 17.3 Å². The molecule has 2 bridgehead atoms. The van der Waals surface area contributed by atoms with Crippen molar-refractivity contribution < 1.29 is 19.1 Å². The first-order valence-electron chi connectivity index (χ1n) is 7.72. The molecule has 23 heavy (non-hydrogen) atoms. The van der Waals surface area contributed by atoms with Gasteiger partial charge in [0.25, 0.3) is 11.8 Å². The van der Waals surface area contributed by atoms with Gasteiger partial charge >= 0.3 is 0 Å². The Bertz CT molecular complexity index is 755. The van der Waals surface area contributed by atoms with Crippen molar-refractivity contribution in [3.63, 3.8) is 0 Å². The maximum atomic E-state index is 12.5. The summed E-state index contributed by atoms with van der Waals surface area (Å²) in [6.45, 7) is 0.207. The Morgan fingerprint density at radius 1 is 1.04 bits per heavy atom. The molecular weight excluding hydrogens is 296 g/mol. The minimum absolute atomic E-state index is 0.172. The van der Waals surface area contributed by atoms with Gasteiger partial charge in [0.15, 0.2) is 11.5 Å². The summed E-state index contributed by atoms with van der Waals surface area (Å²) in [6, 6.07) is 5.38. The molecule has 0 unspecified atom stereocenters. The number of hydrogen-bond acceptors (Lipinski definition) is 5. The molecule has 0 spiro atoms. The van der Waals surface area contributed by atoms with Gasteiger partial charge in [-0.2, -0.15) is 10.1 Å². The minimum Gasteiger partial charge on any atom is -0.454 e. The van der Waals surface area contributed by atoms with Crippen LogP contribution < -0.4 is 9.47 Å². The highest BCUT2D eigenvalue weighted by Gasteiger charge is 2.59. The van der Waals surface area contributed by atoms with Crippen molar-refractivity contribution in [1.29, 1.82) is 0 Å². The summed E-state index contributed by atoms with van der Waals surface area (Å²) < 4.78 is 10.6. The molecular formula is C17H14N2O4. The number of benzene rings is 1. The van der Waals surface area contributed by atoms with E-state index in [4.69, 9.17) is 9.47 Å². The van der Waals surface area contributed by atoms with Crippen LogP contribution in [0.2, 0.25) is 0 Å². The molecule has 1 saturated carbocycles. The summed E-state index contributed by atoms with van der Waals surface area (Å²) in [6.07, 6.45) is 6.59. The number of hydrazone groups is 1. The molecule has 0 N–H and O–H groups in total. The lowest BCUT2D eigenvalue weighted by molar-refractivity contribution is -0.140. The van der Waals surface area contributed by atoms with E-state index in [0.717, 1.165) is 17.0 Å². The third kappa shape index (κ3) is 1.72.